The second-order valence-corrected chi connectivity index (χ2v) is 4.45. The molecule has 5 nitrogen and oxygen atoms in total. The Labute approximate surface area is 112 Å². The van der Waals surface area contributed by atoms with E-state index in [9.17, 15) is 4.79 Å². The van der Waals surface area contributed by atoms with E-state index >= 15 is 0 Å². The Balaban J connectivity index is 2.08. The molecular weight excluding hydrogens is 242 g/mol. The number of ether oxygens (including phenoxy) is 1. The van der Waals surface area contributed by atoms with Gasteiger partial charge in [0.15, 0.2) is 0 Å². The van der Waals surface area contributed by atoms with Crippen LogP contribution in [0.5, 0.6) is 0 Å². The fourth-order valence-corrected chi connectivity index (χ4v) is 1.93. The molecule has 1 aromatic carbocycles. The molecule has 0 fully saturated rings. The molecule has 0 saturated heterocycles. The molecule has 0 aliphatic heterocycles. The van der Waals surface area contributed by atoms with Gasteiger partial charge in [0.1, 0.15) is 0 Å². The van der Waals surface area contributed by atoms with Crippen molar-refractivity contribution in [3.63, 3.8) is 0 Å². The van der Waals surface area contributed by atoms with Crippen LogP contribution in [0.25, 0.3) is 11.3 Å². The van der Waals surface area contributed by atoms with E-state index in [0.29, 0.717) is 12.6 Å². The molecule has 1 unspecified atom stereocenters. The number of H-pyrrole nitrogens is 2. The van der Waals surface area contributed by atoms with Gasteiger partial charge in [0, 0.05) is 24.9 Å². The average molecular weight is 261 g/mol. The Bertz CT molecular complexity index is 557. The van der Waals surface area contributed by atoms with E-state index in [1.54, 1.807) is 13.2 Å². The molecule has 0 saturated carbocycles. The zero-order valence-corrected chi connectivity index (χ0v) is 11.2. The number of methoxy groups -OCH3 is 1. The lowest BCUT2D eigenvalue weighted by molar-refractivity contribution is 0.184. The molecule has 0 aliphatic rings. The first kappa shape index (κ1) is 13.4. The van der Waals surface area contributed by atoms with Gasteiger partial charge in [0.25, 0.3) is 5.56 Å². The van der Waals surface area contributed by atoms with Crippen molar-refractivity contribution in [2.24, 2.45) is 0 Å². The largest absolute Gasteiger partial charge is 0.383 e. The molecule has 1 heterocycles. The number of benzene rings is 1. The number of anilines is 1. The van der Waals surface area contributed by atoms with Crippen LogP contribution in [0.15, 0.2) is 35.1 Å². The van der Waals surface area contributed by atoms with Crippen LogP contribution in [0.3, 0.4) is 0 Å². The van der Waals surface area contributed by atoms with Crippen molar-refractivity contribution in [3.05, 3.63) is 40.7 Å². The summed E-state index contributed by atoms with van der Waals surface area (Å²) < 4.78 is 5.16. The molecule has 0 amide bonds. The molecule has 1 aromatic heterocycles. The summed E-state index contributed by atoms with van der Waals surface area (Å²) in [6.45, 7) is 2.80. The second-order valence-electron chi connectivity index (χ2n) is 4.45. The molecular formula is C14H19N3O2. The highest BCUT2D eigenvalue weighted by Crippen LogP contribution is 2.18. The monoisotopic (exact) mass is 261 g/mol. The molecule has 3 N–H and O–H groups in total. The first-order valence-electron chi connectivity index (χ1n) is 6.36. The molecule has 0 aliphatic carbocycles. The highest BCUT2D eigenvalue weighted by molar-refractivity contribution is 5.62. The molecule has 102 valence electrons. The van der Waals surface area contributed by atoms with Crippen LogP contribution < -0.4 is 10.9 Å². The van der Waals surface area contributed by atoms with Gasteiger partial charge in [0.2, 0.25) is 0 Å². The Kier molecular flexibility index (Phi) is 4.41. The minimum absolute atomic E-state index is 0.122. The molecule has 2 rings (SSSR count). The molecule has 19 heavy (non-hydrogen) atoms. The Hall–Kier alpha value is -2.01. The summed E-state index contributed by atoms with van der Waals surface area (Å²) in [6, 6.07) is 9.80. The molecule has 2 aromatic rings. The van der Waals surface area contributed by atoms with Crippen molar-refractivity contribution in [2.75, 3.05) is 19.0 Å². The fourth-order valence-electron chi connectivity index (χ4n) is 1.93. The van der Waals surface area contributed by atoms with E-state index in [1.807, 2.05) is 24.3 Å². The van der Waals surface area contributed by atoms with Crippen LogP contribution in [0.2, 0.25) is 0 Å². The predicted octanol–water partition coefficient (Wildman–Crippen LogP) is 2.21. The Morgan fingerprint density at radius 2 is 2.00 bits per heavy atom. The zero-order chi connectivity index (χ0) is 13.7. The number of hydrogen-bond donors (Lipinski definition) is 3. The molecule has 0 spiro atoms. The van der Waals surface area contributed by atoms with Crippen LogP contribution in [0, 0.1) is 0 Å². The minimum Gasteiger partial charge on any atom is -0.383 e. The summed E-state index contributed by atoms with van der Waals surface area (Å²) in [5, 5.41) is 8.77. The Morgan fingerprint density at radius 3 is 2.53 bits per heavy atom. The third-order valence-corrected chi connectivity index (χ3v) is 3.02. The van der Waals surface area contributed by atoms with E-state index in [-0.39, 0.29) is 5.56 Å². The third-order valence-electron chi connectivity index (χ3n) is 3.02. The smallest absolute Gasteiger partial charge is 0.264 e. The van der Waals surface area contributed by atoms with Gasteiger partial charge in [0.05, 0.1) is 12.3 Å². The van der Waals surface area contributed by atoms with Gasteiger partial charge in [-0.1, -0.05) is 19.1 Å². The van der Waals surface area contributed by atoms with Gasteiger partial charge in [-0.2, -0.15) is 0 Å². The standard InChI is InChI=1S/C14H19N3O2/c1-3-11(9-19-2)15-12-6-4-10(5-7-12)13-8-14(18)17-16-13/h4-8,11,15H,3,9H2,1-2H3,(H2,16,17,18). The number of nitrogens with one attached hydrogen (secondary N) is 3. The lowest BCUT2D eigenvalue weighted by Gasteiger charge is -2.17. The number of aromatic nitrogens is 2. The number of rotatable bonds is 6. The normalized spacial score (nSPS) is 12.3. The quantitative estimate of drug-likeness (QED) is 0.746. The second kappa shape index (κ2) is 6.24. The molecule has 5 heteroatoms. The van der Waals surface area contributed by atoms with E-state index in [0.717, 1.165) is 23.4 Å². The lowest BCUT2D eigenvalue weighted by Crippen LogP contribution is -2.23. The van der Waals surface area contributed by atoms with E-state index in [4.69, 9.17) is 4.74 Å². The molecule has 1 atom stereocenters. The number of aromatic amines is 2. The van der Waals surface area contributed by atoms with Gasteiger partial charge in [-0.15, -0.1) is 0 Å². The van der Waals surface area contributed by atoms with Crippen LogP contribution in [0.4, 0.5) is 5.69 Å². The zero-order valence-electron chi connectivity index (χ0n) is 11.2. The highest BCUT2D eigenvalue weighted by atomic mass is 16.5. The first-order valence-corrected chi connectivity index (χ1v) is 6.36. The summed E-state index contributed by atoms with van der Waals surface area (Å²) >= 11 is 0. The van der Waals surface area contributed by atoms with E-state index in [1.165, 1.54) is 0 Å². The summed E-state index contributed by atoms with van der Waals surface area (Å²) in [7, 11) is 1.70. The third kappa shape index (κ3) is 3.48. The van der Waals surface area contributed by atoms with Crippen molar-refractivity contribution in [1.82, 2.24) is 10.2 Å². The van der Waals surface area contributed by atoms with Crippen LogP contribution in [-0.4, -0.2) is 30.0 Å². The maximum absolute atomic E-state index is 11.1. The first-order chi connectivity index (χ1) is 9.22. The highest BCUT2D eigenvalue weighted by Gasteiger charge is 2.06. The SMILES string of the molecule is CCC(COC)Nc1ccc(-c2cc(=O)[nH][nH]2)cc1. The fraction of sp³-hybridized carbons (Fsp3) is 0.357. The van der Waals surface area contributed by atoms with Crippen LogP contribution >= 0.6 is 0 Å². The maximum Gasteiger partial charge on any atom is 0.264 e. The molecule has 0 radical (unpaired) electrons. The van der Waals surface area contributed by atoms with Gasteiger partial charge in [-0.05, 0) is 24.1 Å². The molecule has 0 bridgehead atoms. The number of hydrogen-bond acceptors (Lipinski definition) is 3. The minimum atomic E-state index is -0.122. The Morgan fingerprint density at radius 1 is 1.26 bits per heavy atom. The predicted molar refractivity (Wildman–Crippen MR) is 76.4 cm³/mol. The summed E-state index contributed by atoms with van der Waals surface area (Å²) in [5.41, 5.74) is 2.69. The van der Waals surface area contributed by atoms with E-state index in [2.05, 4.69) is 22.4 Å². The summed E-state index contributed by atoms with van der Waals surface area (Å²) in [5.74, 6) is 0. The van der Waals surface area contributed by atoms with Gasteiger partial charge in [-0.25, -0.2) is 0 Å². The van der Waals surface area contributed by atoms with Crippen molar-refractivity contribution in [1.29, 1.82) is 0 Å². The maximum atomic E-state index is 11.1. The average Bonchev–Trinajstić information content (AvgIpc) is 2.86. The van der Waals surface area contributed by atoms with Gasteiger partial charge in [-0.3, -0.25) is 15.0 Å². The van der Waals surface area contributed by atoms with Crippen molar-refractivity contribution in [3.8, 4) is 11.3 Å². The summed E-state index contributed by atoms with van der Waals surface area (Å²) in [6.07, 6.45) is 1.00. The lowest BCUT2D eigenvalue weighted by atomic mass is 10.1. The van der Waals surface area contributed by atoms with Crippen molar-refractivity contribution in [2.45, 2.75) is 19.4 Å². The van der Waals surface area contributed by atoms with Gasteiger partial charge < -0.3 is 10.1 Å². The van der Waals surface area contributed by atoms with Crippen LogP contribution in [-0.2, 0) is 4.74 Å². The van der Waals surface area contributed by atoms with Crippen molar-refractivity contribution >= 4 is 5.69 Å². The summed E-state index contributed by atoms with van der Waals surface area (Å²) in [4.78, 5) is 11.1. The van der Waals surface area contributed by atoms with Crippen molar-refractivity contribution < 1.29 is 4.74 Å². The van der Waals surface area contributed by atoms with Gasteiger partial charge >= 0.3 is 0 Å². The topological polar surface area (TPSA) is 69.9 Å². The van der Waals surface area contributed by atoms with E-state index < -0.39 is 0 Å². The van der Waals surface area contributed by atoms with Crippen LogP contribution in [0.1, 0.15) is 13.3 Å².